The highest BCUT2D eigenvalue weighted by Crippen LogP contribution is 2.22. The Kier molecular flexibility index (Phi) is 4.98. The summed E-state index contributed by atoms with van der Waals surface area (Å²) >= 11 is 5.89. The number of nitrogens with zero attached hydrogens (tertiary/aromatic N) is 1. The van der Waals surface area contributed by atoms with E-state index in [4.69, 9.17) is 16.0 Å². The molecule has 0 spiro atoms. The van der Waals surface area contributed by atoms with Crippen LogP contribution < -0.4 is 5.32 Å². The van der Waals surface area contributed by atoms with Gasteiger partial charge in [-0.2, -0.15) is 0 Å². The fourth-order valence-electron chi connectivity index (χ4n) is 1.81. The minimum atomic E-state index is -0.444. The standard InChI is InChI=1S/C15H16ClFN2O2/c1-10(19(2)9-12-4-3-7-21-12)15(20)18-14-6-5-11(17)8-13(14)16/h3-8,10H,9H2,1-2H3,(H,18,20)/t10-/m1/s1. The van der Waals surface area contributed by atoms with Crippen molar-refractivity contribution >= 4 is 23.2 Å². The highest BCUT2D eigenvalue weighted by atomic mass is 35.5. The average molecular weight is 311 g/mol. The first-order valence-electron chi connectivity index (χ1n) is 6.46. The van der Waals surface area contributed by atoms with Gasteiger partial charge in [-0.15, -0.1) is 0 Å². The lowest BCUT2D eigenvalue weighted by Crippen LogP contribution is -2.39. The van der Waals surface area contributed by atoms with Crippen molar-refractivity contribution in [3.05, 3.63) is 53.2 Å². The van der Waals surface area contributed by atoms with Gasteiger partial charge in [0.05, 0.1) is 29.6 Å². The van der Waals surface area contributed by atoms with Gasteiger partial charge in [-0.05, 0) is 44.3 Å². The monoisotopic (exact) mass is 310 g/mol. The van der Waals surface area contributed by atoms with Gasteiger partial charge in [0, 0.05) is 0 Å². The van der Waals surface area contributed by atoms with Crippen LogP contribution in [0.2, 0.25) is 5.02 Å². The van der Waals surface area contributed by atoms with Crippen LogP contribution in [0.15, 0.2) is 41.0 Å². The van der Waals surface area contributed by atoms with Gasteiger partial charge in [-0.3, -0.25) is 9.69 Å². The Morgan fingerprint density at radius 2 is 2.24 bits per heavy atom. The molecule has 0 saturated carbocycles. The predicted octanol–water partition coefficient (Wildman–Crippen LogP) is 3.53. The van der Waals surface area contributed by atoms with Crippen molar-refractivity contribution in [1.29, 1.82) is 0 Å². The molecule has 4 nitrogen and oxygen atoms in total. The Labute approximate surface area is 127 Å². The molecule has 1 atom stereocenters. The number of amides is 1. The molecule has 0 aliphatic heterocycles. The SMILES string of the molecule is C[C@H](C(=O)Nc1ccc(F)cc1Cl)N(C)Cc1ccco1. The van der Waals surface area contributed by atoms with Crippen molar-refractivity contribution in [2.75, 3.05) is 12.4 Å². The number of carbonyl (C=O) groups is 1. The molecule has 0 saturated heterocycles. The molecule has 1 heterocycles. The van der Waals surface area contributed by atoms with Crippen molar-refractivity contribution in [2.45, 2.75) is 19.5 Å². The van der Waals surface area contributed by atoms with Crippen LogP contribution in [-0.4, -0.2) is 23.9 Å². The summed E-state index contributed by atoms with van der Waals surface area (Å²) in [5.74, 6) is 0.107. The average Bonchev–Trinajstić information content (AvgIpc) is 2.93. The summed E-state index contributed by atoms with van der Waals surface area (Å²) < 4.78 is 18.2. The first-order chi connectivity index (χ1) is 9.97. The van der Waals surface area contributed by atoms with Crippen molar-refractivity contribution in [1.82, 2.24) is 4.90 Å². The van der Waals surface area contributed by atoms with E-state index in [0.29, 0.717) is 12.2 Å². The number of halogens is 2. The van der Waals surface area contributed by atoms with E-state index >= 15 is 0 Å². The van der Waals surface area contributed by atoms with Crippen molar-refractivity contribution < 1.29 is 13.6 Å². The normalized spacial score (nSPS) is 12.4. The smallest absolute Gasteiger partial charge is 0.241 e. The molecule has 112 valence electrons. The predicted molar refractivity (Wildman–Crippen MR) is 79.7 cm³/mol. The molecule has 21 heavy (non-hydrogen) atoms. The summed E-state index contributed by atoms with van der Waals surface area (Å²) in [6, 6.07) is 7.10. The summed E-state index contributed by atoms with van der Waals surface area (Å²) in [5, 5.41) is 2.86. The number of nitrogens with one attached hydrogen (secondary N) is 1. The Bertz CT molecular complexity index is 616. The van der Waals surface area contributed by atoms with E-state index in [0.717, 1.165) is 11.8 Å². The molecule has 1 amide bonds. The van der Waals surface area contributed by atoms with Crippen LogP contribution in [0.25, 0.3) is 0 Å². The van der Waals surface area contributed by atoms with E-state index in [1.807, 2.05) is 18.0 Å². The maximum Gasteiger partial charge on any atom is 0.241 e. The summed E-state index contributed by atoms with van der Waals surface area (Å²) in [6.07, 6.45) is 1.59. The summed E-state index contributed by atoms with van der Waals surface area (Å²) in [4.78, 5) is 14.0. The van der Waals surface area contributed by atoms with Crippen LogP contribution in [0, 0.1) is 5.82 Å². The molecule has 0 aliphatic rings. The molecule has 0 aliphatic carbocycles. The number of hydrogen-bond acceptors (Lipinski definition) is 3. The number of hydrogen-bond donors (Lipinski definition) is 1. The Morgan fingerprint density at radius 3 is 2.86 bits per heavy atom. The second kappa shape index (κ2) is 6.74. The number of benzene rings is 1. The minimum Gasteiger partial charge on any atom is -0.468 e. The fourth-order valence-corrected chi connectivity index (χ4v) is 2.03. The topological polar surface area (TPSA) is 45.5 Å². The van der Waals surface area contributed by atoms with Crippen LogP contribution in [-0.2, 0) is 11.3 Å². The van der Waals surface area contributed by atoms with E-state index in [1.54, 1.807) is 19.3 Å². The molecule has 1 aromatic carbocycles. The van der Waals surface area contributed by atoms with Gasteiger partial charge in [0.1, 0.15) is 11.6 Å². The van der Waals surface area contributed by atoms with Gasteiger partial charge < -0.3 is 9.73 Å². The summed E-state index contributed by atoms with van der Waals surface area (Å²) in [7, 11) is 1.82. The number of rotatable bonds is 5. The molecule has 6 heteroatoms. The van der Waals surface area contributed by atoms with E-state index in [1.165, 1.54) is 12.1 Å². The van der Waals surface area contributed by atoms with Gasteiger partial charge in [-0.1, -0.05) is 11.6 Å². The zero-order chi connectivity index (χ0) is 15.4. The highest BCUT2D eigenvalue weighted by Gasteiger charge is 2.19. The second-order valence-electron chi connectivity index (χ2n) is 4.78. The summed E-state index contributed by atoms with van der Waals surface area (Å²) in [5.41, 5.74) is 0.390. The number of likely N-dealkylation sites (N-methyl/N-ethyl adjacent to an activating group) is 1. The van der Waals surface area contributed by atoms with Crippen LogP contribution >= 0.6 is 11.6 Å². The van der Waals surface area contributed by atoms with Crippen LogP contribution in [0.1, 0.15) is 12.7 Å². The lowest BCUT2D eigenvalue weighted by Gasteiger charge is -2.23. The molecule has 1 N–H and O–H groups in total. The number of furan rings is 1. The third-order valence-electron chi connectivity index (χ3n) is 3.21. The van der Waals surface area contributed by atoms with Gasteiger partial charge >= 0.3 is 0 Å². The van der Waals surface area contributed by atoms with Gasteiger partial charge in [0.25, 0.3) is 0 Å². The van der Waals surface area contributed by atoms with Crippen LogP contribution in [0.4, 0.5) is 10.1 Å². The maximum atomic E-state index is 13.0. The molecule has 2 rings (SSSR count). The quantitative estimate of drug-likeness (QED) is 0.919. The van der Waals surface area contributed by atoms with Gasteiger partial charge in [0.2, 0.25) is 5.91 Å². The minimum absolute atomic E-state index is 0.171. The molecule has 0 radical (unpaired) electrons. The first kappa shape index (κ1) is 15.5. The molecule has 0 bridgehead atoms. The van der Waals surface area contributed by atoms with E-state index in [9.17, 15) is 9.18 Å². The van der Waals surface area contributed by atoms with Crippen molar-refractivity contribution in [3.8, 4) is 0 Å². The third kappa shape index (κ3) is 4.06. The molecule has 2 aromatic rings. The summed E-state index contributed by atoms with van der Waals surface area (Å²) in [6.45, 7) is 2.29. The van der Waals surface area contributed by atoms with Crippen molar-refractivity contribution in [3.63, 3.8) is 0 Å². The number of carbonyl (C=O) groups excluding carboxylic acids is 1. The molecule has 1 aromatic heterocycles. The highest BCUT2D eigenvalue weighted by molar-refractivity contribution is 6.33. The molecule has 0 fully saturated rings. The zero-order valence-electron chi connectivity index (χ0n) is 11.8. The van der Waals surface area contributed by atoms with E-state index in [-0.39, 0.29) is 10.9 Å². The van der Waals surface area contributed by atoms with Crippen LogP contribution in [0.5, 0.6) is 0 Å². The van der Waals surface area contributed by atoms with Crippen LogP contribution in [0.3, 0.4) is 0 Å². The van der Waals surface area contributed by atoms with E-state index in [2.05, 4.69) is 5.32 Å². The van der Waals surface area contributed by atoms with Gasteiger partial charge in [-0.25, -0.2) is 4.39 Å². The maximum absolute atomic E-state index is 13.0. The largest absolute Gasteiger partial charge is 0.468 e. The second-order valence-corrected chi connectivity index (χ2v) is 5.19. The molecule has 0 unspecified atom stereocenters. The Morgan fingerprint density at radius 1 is 1.48 bits per heavy atom. The third-order valence-corrected chi connectivity index (χ3v) is 3.53. The Hall–Kier alpha value is -1.85. The zero-order valence-corrected chi connectivity index (χ0v) is 12.5. The van der Waals surface area contributed by atoms with Gasteiger partial charge in [0.15, 0.2) is 0 Å². The lowest BCUT2D eigenvalue weighted by molar-refractivity contribution is -0.120. The molecular formula is C15H16ClFN2O2. The van der Waals surface area contributed by atoms with Crippen molar-refractivity contribution in [2.24, 2.45) is 0 Å². The fraction of sp³-hybridized carbons (Fsp3) is 0.267. The lowest BCUT2D eigenvalue weighted by atomic mass is 10.2. The van der Waals surface area contributed by atoms with E-state index < -0.39 is 11.9 Å². The Balaban J connectivity index is 1.98. The first-order valence-corrected chi connectivity index (χ1v) is 6.83. The molecular weight excluding hydrogens is 295 g/mol. The number of anilines is 1.